The van der Waals surface area contributed by atoms with E-state index < -0.39 is 5.97 Å². The van der Waals surface area contributed by atoms with Crippen molar-refractivity contribution < 1.29 is 19.1 Å². The van der Waals surface area contributed by atoms with E-state index in [4.69, 9.17) is 32.7 Å². The Morgan fingerprint density at radius 2 is 2.11 bits per heavy atom. The van der Waals surface area contributed by atoms with E-state index in [-0.39, 0.29) is 23.8 Å². The number of halogens is 2. The van der Waals surface area contributed by atoms with Crippen LogP contribution in [-0.2, 0) is 14.3 Å². The molecule has 2 heterocycles. The SMILES string of the molecule is CCCOCC1c2ccc(-c3nc(Cl)ncc3Cl)cc2C(=O)N1CC(=O)OC. The summed E-state index contributed by atoms with van der Waals surface area (Å²) in [6.07, 6.45) is 2.27. The average molecular weight is 424 g/mol. The Balaban J connectivity index is 1.98. The average Bonchev–Trinajstić information content (AvgIpc) is 2.95. The van der Waals surface area contributed by atoms with Crippen LogP contribution in [0.25, 0.3) is 11.3 Å². The summed E-state index contributed by atoms with van der Waals surface area (Å²) in [5.41, 5.74) is 2.32. The lowest BCUT2D eigenvalue weighted by atomic mass is 10.0. The molecule has 0 saturated heterocycles. The number of amides is 1. The highest BCUT2D eigenvalue weighted by atomic mass is 35.5. The zero-order chi connectivity index (χ0) is 20.3. The summed E-state index contributed by atoms with van der Waals surface area (Å²) in [6.45, 7) is 2.71. The van der Waals surface area contributed by atoms with Gasteiger partial charge in [-0.05, 0) is 29.7 Å². The summed E-state index contributed by atoms with van der Waals surface area (Å²) < 4.78 is 10.4. The summed E-state index contributed by atoms with van der Waals surface area (Å²) in [7, 11) is 1.29. The van der Waals surface area contributed by atoms with E-state index in [1.54, 1.807) is 6.07 Å². The fraction of sp³-hybridized carbons (Fsp3) is 0.368. The van der Waals surface area contributed by atoms with Crippen LogP contribution >= 0.6 is 23.2 Å². The first kappa shape index (κ1) is 20.5. The molecule has 1 aromatic carbocycles. The van der Waals surface area contributed by atoms with Crippen molar-refractivity contribution in [1.82, 2.24) is 14.9 Å². The number of hydrogen-bond acceptors (Lipinski definition) is 6. The Bertz CT molecular complexity index is 907. The van der Waals surface area contributed by atoms with Crippen LogP contribution in [0.2, 0.25) is 10.3 Å². The van der Waals surface area contributed by atoms with Crippen molar-refractivity contribution in [3.8, 4) is 11.3 Å². The molecule has 0 saturated carbocycles. The van der Waals surface area contributed by atoms with Crippen molar-refractivity contribution in [3.05, 3.63) is 45.8 Å². The summed E-state index contributed by atoms with van der Waals surface area (Å²) in [5, 5.41) is 0.383. The Hall–Kier alpha value is -2.22. The smallest absolute Gasteiger partial charge is 0.325 e. The van der Waals surface area contributed by atoms with Crippen molar-refractivity contribution in [2.45, 2.75) is 19.4 Å². The molecule has 9 heteroatoms. The number of benzene rings is 1. The number of carbonyl (C=O) groups excluding carboxylic acids is 2. The molecule has 0 bridgehead atoms. The molecule has 0 fully saturated rings. The molecule has 1 unspecified atom stereocenters. The largest absolute Gasteiger partial charge is 0.468 e. The van der Waals surface area contributed by atoms with Gasteiger partial charge in [0, 0.05) is 17.7 Å². The molecule has 3 rings (SSSR count). The lowest BCUT2D eigenvalue weighted by molar-refractivity contribution is -0.142. The standard InChI is InChI=1S/C19H19Cl2N3O4/c1-3-6-28-10-15-12-5-4-11(17-14(20)8-22-19(21)23-17)7-13(12)18(26)24(15)9-16(25)27-2/h4-5,7-8,15H,3,6,9-10H2,1-2H3. The number of aromatic nitrogens is 2. The van der Waals surface area contributed by atoms with E-state index in [1.165, 1.54) is 18.2 Å². The Morgan fingerprint density at radius 1 is 1.32 bits per heavy atom. The highest BCUT2D eigenvalue weighted by Crippen LogP contribution is 2.37. The monoisotopic (exact) mass is 423 g/mol. The number of fused-ring (bicyclic) bond motifs is 1. The van der Waals surface area contributed by atoms with Gasteiger partial charge >= 0.3 is 5.97 Å². The maximum absolute atomic E-state index is 13.0. The molecule has 0 radical (unpaired) electrons. The molecule has 1 aromatic heterocycles. The number of hydrogen-bond donors (Lipinski definition) is 0. The van der Waals surface area contributed by atoms with Crippen LogP contribution in [0, 0.1) is 0 Å². The first-order chi connectivity index (χ1) is 13.5. The number of methoxy groups -OCH3 is 1. The Morgan fingerprint density at radius 3 is 2.82 bits per heavy atom. The Labute approximate surface area is 172 Å². The summed E-state index contributed by atoms with van der Waals surface area (Å²) in [6, 6.07) is 4.97. The van der Waals surface area contributed by atoms with Gasteiger partial charge in [-0.2, -0.15) is 0 Å². The molecule has 148 valence electrons. The van der Waals surface area contributed by atoms with Crippen molar-refractivity contribution >= 4 is 35.1 Å². The topological polar surface area (TPSA) is 81.6 Å². The van der Waals surface area contributed by atoms with E-state index in [1.807, 2.05) is 19.1 Å². The molecule has 1 atom stereocenters. The molecule has 1 aliphatic heterocycles. The van der Waals surface area contributed by atoms with Gasteiger partial charge in [-0.15, -0.1) is 0 Å². The van der Waals surface area contributed by atoms with Crippen molar-refractivity contribution in [2.24, 2.45) is 0 Å². The van der Waals surface area contributed by atoms with Crippen LogP contribution in [0.4, 0.5) is 0 Å². The summed E-state index contributed by atoms with van der Waals surface area (Å²) in [4.78, 5) is 34.3. The van der Waals surface area contributed by atoms with Crippen molar-refractivity contribution in [2.75, 3.05) is 26.9 Å². The number of nitrogens with zero attached hydrogens (tertiary/aromatic N) is 3. The van der Waals surface area contributed by atoms with Crippen LogP contribution in [0.1, 0.15) is 35.3 Å². The summed E-state index contributed by atoms with van der Waals surface area (Å²) >= 11 is 12.1. The number of esters is 1. The van der Waals surface area contributed by atoms with Crippen LogP contribution in [-0.4, -0.2) is 53.6 Å². The first-order valence-corrected chi connectivity index (χ1v) is 9.49. The third-order valence-electron chi connectivity index (χ3n) is 4.42. The highest BCUT2D eigenvalue weighted by molar-refractivity contribution is 6.33. The number of rotatable bonds is 7. The van der Waals surface area contributed by atoms with Gasteiger partial charge in [-0.3, -0.25) is 9.59 Å². The minimum absolute atomic E-state index is 0.0596. The van der Waals surface area contributed by atoms with Crippen LogP contribution in [0.15, 0.2) is 24.4 Å². The first-order valence-electron chi connectivity index (χ1n) is 8.74. The van der Waals surface area contributed by atoms with E-state index >= 15 is 0 Å². The third kappa shape index (κ3) is 4.11. The fourth-order valence-corrected chi connectivity index (χ4v) is 3.43. The van der Waals surface area contributed by atoms with Gasteiger partial charge in [-0.25, -0.2) is 9.97 Å². The molecule has 1 aliphatic rings. The maximum atomic E-state index is 13.0. The number of ether oxygens (including phenoxy) is 2. The minimum Gasteiger partial charge on any atom is -0.468 e. The highest BCUT2D eigenvalue weighted by Gasteiger charge is 2.38. The van der Waals surface area contributed by atoms with Gasteiger partial charge in [-0.1, -0.05) is 30.7 Å². The fourth-order valence-electron chi connectivity index (χ4n) is 3.10. The normalized spacial score (nSPS) is 15.6. The maximum Gasteiger partial charge on any atom is 0.325 e. The Kier molecular flexibility index (Phi) is 6.49. The molecule has 7 nitrogen and oxygen atoms in total. The number of carbonyl (C=O) groups is 2. The second-order valence-electron chi connectivity index (χ2n) is 6.24. The van der Waals surface area contributed by atoms with Gasteiger partial charge < -0.3 is 14.4 Å². The van der Waals surface area contributed by atoms with E-state index in [0.29, 0.717) is 35.1 Å². The minimum atomic E-state index is -0.493. The zero-order valence-corrected chi connectivity index (χ0v) is 17.0. The van der Waals surface area contributed by atoms with Crippen LogP contribution in [0.5, 0.6) is 0 Å². The quantitative estimate of drug-likeness (QED) is 0.384. The van der Waals surface area contributed by atoms with E-state index in [2.05, 4.69) is 9.97 Å². The van der Waals surface area contributed by atoms with Gasteiger partial charge in [0.15, 0.2) is 0 Å². The molecule has 1 amide bonds. The molecule has 0 spiro atoms. The van der Waals surface area contributed by atoms with Crippen LogP contribution < -0.4 is 0 Å². The lowest BCUT2D eigenvalue weighted by Crippen LogP contribution is -2.35. The molecule has 28 heavy (non-hydrogen) atoms. The lowest BCUT2D eigenvalue weighted by Gasteiger charge is -2.24. The molecular formula is C19H19Cl2N3O4. The molecule has 2 aromatic rings. The van der Waals surface area contributed by atoms with Gasteiger partial charge in [0.05, 0.1) is 36.7 Å². The van der Waals surface area contributed by atoms with Crippen LogP contribution in [0.3, 0.4) is 0 Å². The molecule has 0 N–H and O–H groups in total. The van der Waals surface area contributed by atoms with Gasteiger partial charge in [0.2, 0.25) is 5.28 Å². The van der Waals surface area contributed by atoms with Gasteiger partial charge in [0.1, 0.15) is 6.54 Å². The second-order valence-corrected chi connectivity index (χ2v) is 6.98. The second kappa shape index (κ2) is 8.86. The van der Waals surface area contributed by atoms with Crippen molar-refractivity contribution in [1.29, 1.82) is 0 Å². The zero-order valence-electron chi connectivity index (χ0n) is 15.4. The predicted molar refractivity (Wildman–Crippen MR) is 104 cm³/mol. The summed E-state index contributed by atoms with van der Waals surface area (Å²) in [5.74, 6) is -0.767. The van der Waals surface area contributed by atoms with Gasteiger partial charge in [0.25, 0.3) is 5.91 Å². The van der Waals surface area contributed by atoms with E-state index in [0.717, 1.165) is 12.0 Å². The predicted octanol–water partition coefficient (Wildman–Crippen LogP) is 3.55. The molecule has 0 aliphatic carbocycles. The molecular weight excluding hydrogens is 405 g/mol. The third-order valence-corrected chi connectivity index (χ3v) is 4.88. The van der Waals surface area contributed by atoms with Crippen molar-refractivity contribution in [3.63, 3.8) is 0 Å². The van der Waals surface area contributed by atoms with E-state index in [9.17, 15) is 9.59 Å².